The Labute approximate surface area is 99.7 Å². The summed E-state index contributed by atoms with van der Waals surface area (Å²) in [6.45, 7) is 1.37. The van der Waals surface area contributed by atoms with Gasteiger partial charge in [0.05, 0.1) is 9.75 Å². The summed E-state index contributed by atoms with van der Waals surface area (Å²) in [4.78, 5) is 31.2. The van der Waals surface area contributed by atoms with Crippen molar-refractivity contribution in [2.75, 3.05) is 0 Å². The number of Topliss-reactive ketones (excluding diaryl/α,β-unsaturated/α-hetero) is 1. The standard InChI is InChI=1S/C10H8BrNO4/c1-6(14)10(11)9-3-2-8(12(15)16)4-7(9)5-13/h2-5,10H,1H3. The first-order valence-corrected chi connectivity index (χ1v) is 5.27. The largest absolute Gasteiger partial charge is 0.298 e. The Balaban J connectivity index is 3.26. The van der Waals surface area contributed by atoms with Gasteiger partial charge >= 0.3 is 0 Å². The van der Waals surface area contributed by atoms with Crippen LogP contribution >= 0.6 is 15.9 Å². The summed E-state index contributed by atoms with van der Waals surface area (Å²) in [5, 5.41) is 10.5. The van der Waals surface area contributed by atoms with Crippen molar-refractivity contribution in [2.45, 2.75) is 11.8 Å². The maximum Gasteiger partial charge on any atom is 0.270 e. The van der Waals surface area contributed by atoms with Gasteiger partial charge in [-0.2, -0.15) is 0 Å². The van der Waals surface area contributed by atoms with Crippen molar-refractivity contribution in [3.8, 4) is 0 Å². The molecule has 16 heavy (non-hydrogen) atoms. The van der Waals surface area contributed by atoms with Gasteiger partial charge in [0.1, 0.15) is 5.78 Å². The molecule has 0 radical (unpaired) electrons. The second kappa shape index (κ2) is 4.98. The number of non-ortho nitro benzene ring substituents is 1. The van der Waals surface area contributed by atoms with E-state index in [1.165, 1.54) is 19.1 Å². The number of halogens is 1. The molecule has 0 aromatic heterocycles. The Morgan fingerprint density at radius 1 is 1.56 bits per heavy atom. The van der Waals surface area contributed by atoms with E-state index in [9.17, 15) is 19.7 Å². The summed E-state index contributed by atoms with van der Waals surface area (Å²) in [5.74, 6) is -0.169. The van der Waals surface area contributed by atoms with Gasteiger partial charge in [0.25, 0.3) is 5.69 Å². The summed E-state index contributed by atoms with van der Waals surface area (Å²) in [6, 6.07) is 3.82. The first kappa shape index (κ1) is 12.5. The molecule has 0 N–H and O–H groups in total. The maximum atomic E-state index is 11.1. The molecule has 1 aromatic rings. The van der Waals surface area contributed by atoms with Crippen molar-refractivity contribution in [1.82, 2.24) is 0 Å². The van der Waals surface area contributed by atoms with Gasteiger partial charge in [0.15, 0.2) is 6.29 Å². The highest BCUT2D eigenvalue weighted by molar-refractivity contribution is 9.09. The molecule has 0 aliphatic rings. The van der Waals surface area contributed by atoms with Gasteiger partial charge in [-0.25, -0.2) is 0 Å². The van der Waals surface area contributed by atoms with Gasteiger partial charge in [0, 0.05) is 17.7 Å². The molecular formula is C10H8BrNO4. The molecule has 1 atom stereocenters. The molecule has 0 amide bonds. The zero-order chi connectivity index (χ0) is 12.3. The van der Waals surface area contributed by atoms with Crippen molar-refractivity contribution in [3.63, 3.8) is 0 Å². The third-order valence-electron chi connectivity index (χ3n) is 2.04. The molecule has 0 saturated heterocycles. The minimum atomic E-state index is -0.617. The number of rotatable bonds is 4. The van der Waals surface area contributed by atoms with Gasteiger partial charge in [0.2, 0.25) is 0 Å². The molecule has 6 heteroatoms. The summed E-state index contributed by atoms with van der Waals surface area (Å²) >= 11 is 3.13. The average Bonchev–Trinajstić information content (AvgIpc) is 2.26. The third kappa shape index (κ3) is 2.52. The monoisotopic (exact) mass is 285 g/mol. The Hall–Kier alpha value is -1.56. The fourth-order valence-corrected chi connectivity index (χ4v) is 1.64. The normalized spacial score (nSPS) is 11.9. The van der Waals surface area contributed by atoms with Crippen molar-refractivity contribution in [3.05, 3.63) is 39.4 Å². The van der Waals surface area contributed by atoms with Crippen LogP contribution in [0, 0.1) is 10.1 Å². The zero-order valence-electron chi connectivity index (χ0n) is 8.34. The smallest absolute Gasteiger partial charge is 0.270 e. The van der Waals surface area contributed by atoms with Crippen LogP contribution in [0.1, 0.15) is 27.7 Å². The minimum Gasteiger partial charge on any atom is -0.298 e. The van der Waals surface area contributed by atoms with Crippen molar-refractivity contribution < 1.29 is 14.5 Å². The average molecular weight is 286 g/mol. The summed E-state index contributed by atoms with van der Waals surface area (Å²) in [5.41, 5.74) is 0.411. The van der Waals surface area contributed by atoms with Gasteiger partial charge in [-0.15, -0.1) is 0 Å². The number of aldehydes is 1. The molecule has 1 aromatic carbocycles. The summed E-state index contributed by atoms with van der Waals surface area (Å²) in [6.07, 6.45) is 0.500. The molecule has 0 bridgehead atoms. The molecule has 1 unspecified atom stereocenters. The number of nitro benzene ring substituents is 1. The number of alkyl halides is 1. The fourth-order valence-electron chi connectivity index (χ4n) is 1.23. The van der Waals surface area contributed by atoms with Crippen LogP contribution < -0.4 is 0 Å². The van der Waals surface area contributed by atoms with E-state index in [1.54, 1.807) is 0 Å². The van der Waals surface area contributed by atoms with E-state index in [0.29, 0.717) is 11.8 Å². The highest BCUT2D eigenvalue weighted by Gasteiger charge is 2.18. The number of hydrogen-bond donors (Lipinski definition) is 0. The lowest BCUT2D eigenvalue weighted by Gasteiger charge is -2.08. The molecular weight excluding hydrogens is 278 g/mol. The van der Waals surface area contributed by atoms with E-state index < -0.39 is 9.75 Å². The van der Waals surface area contributed by atoms with Crippen LogP contribution in [0.5, 0.6) is 0 Å². The van der Waals surface area contributed by atoms with Gasteiger partial charge < -0.3 is 0 Å². The van der Waals surface area contributed by atoms with E-state index in [0.717, 1.165) is 6.07 Å². The first-order valence-electron chi connectivity index (χ1n) is 4.35. The number of nitro groups is 1. The molecule has 0 saturated carbocycles. The fraction of sp³-hybridized carbons (Fsp3) is 0.200. The van der Waals surface area contributed by atoms with Crippen molar-refractivity contribution in [1.29, 1.82) is 0 Å². The quantitative estimate of drug-likeness (QED) is 0.368. The van der Waals surface area contributed by atoms with Gasteiger partial charge in [-0.05, 0) is 18.6 Å². The minimum absolute atomic E-state index is 0.145. The predicted octanol–water partition coefficient (Wildman–Crippen LogP) is 2.43. The number of benzene rings is 1. The van der Waals surface area contributed by atoms with Gasteiger partial charge in [-0.3, -0.25) is 19.7 Å². The molecule has 0 aliphatic heterocycles. The topological polar surface area (TPSA) is 77.3 Å². The molecule has 5 nitrogen and oxygen atoms in total. The van der Waals surface area contributed by atoms with Gasteiger partial charge in [-0.1, -0.05) is 15.9 Å². The molecule has 0 spiro atoms. The van der Waals surface area contributed by atoms with E-state index in [-0.39, 0.29) is 17.0 Å². The van der Waals surface area contributed by atoms with Crippen LogP contribution in [0.3, 0.4) is 0 Å². The number of ketones is 1. The van der Waals surface area contributed by atoms with Crippen molar-refractivity contribution in [2.24, 2.45) is 0 Å². The number of carbonyl (C=O) groups is 2. The Bertz CT molecular complexity index is 458. The van der Waals surface area contributed by atoms with Crippen LogP contribution in [-0.4, -0.2) is 17.0 Å². The summed E-state index contributed by atoms with van der Waals surface area (Å²) in [7, 11) is 0. The first-order chi connectivity index (χ1) is 7.47. The zero-order valence-corrected chi connectivity index (χ0v) is 9.93. The van der Waals surface area contributed by atoms with E-state index >= 15 is 0 Å². The highest BCUT2D eigenvalue weighted by Crippen LogP contribution is 2.28. The lowest BCUT2D eigenvalue weighted by atomic mass is 10.0. The Kier molecular flexibility index (Phi) is 3.89. The van der Waals surface area contributed by atoms with Crippen LogP contribution in [0.15, 0.2) is 18.2 Å². The lowest BCUT2D eigenvalue weighted by molar-refractivity contribution is -0.384. The van der Waals surface area contributed by atoms with E-state index in [2.05, 4.69) is 15.9 Å². The predicted molar refractivity (Wildman–Crippen MR) is 60.8 cm³/mol. The van der Waals surface area contributed by atoms with Crippen molar-refractivity contribution >= 4 is 33.7 Å². The second-order valence-corrected chi connectivity index (χ2v) is 4.08. The van der Waals surface area contributed by atoms with E-state index in [4.69, 9.17) is 0 Å². The molecule has 0 heterocycles. The SMILES string of the molecule is CC(=O)C(Br)c1ccc([N+](=O)[O-])cc1C=O. The third-order valence-corrected chi connectivity index (χ3v) is 3.18. The molecule has 0 aliphatic carbocycles. The number of hydrogen-bond acceptors (Lipinski definition) is 4. The van der Waals surface area contributed by atoms with Crippen LogP contribution in [0.25, 0.3) is 0 Å². The molecule has 0 fully saturated rings. The Morgan fingerprint density at radius 2 is 2.19 bits per heavy atom. The Morgan fingerprint density at radius 3 is 2.62 bits per heavy atom. The second-order valence-electron chi connectivity index (χ2n) is 3.16. The maximum absolute atomic E-state index is 11.1. The van der Waals surface area contributed by atoms with Crippen LogP contribution in [0.4, 0.5) is 5.69 Å². The number of carbonyl (C=O) groups excluding carboxylic acids is 2. The van der Waals surface area contributed by atoms with E-state index in [1.807, 2.05) is 0 Å². The van der Waals surface area contributed by atoms with Crippen LogP contribution in [0.2, 0.25) is 0 Å². The van der Waals surface area contributed by atoms with Crippen LogP contribution in [-0.2, 0) is 4.79 Å². The molecule has 84 valence electrons. The molecule has 1 rings (SSSR count). The lowest BCUT2D eigenvalue weighted by Crippen LogP contribution is -2.05. The number of nitrogens with zero attached hydrogens (tertiary/aromatic N) is 1. The highest BCUT2D eigenvalue weighted by atomic mass is 79.9. The summed E-state index contributed by atoms with van der Waals surface area (Å²) < 4.78 is 0.